The Morgan fingerprint density at radius 1 is 1.64 bits per heavy atom. The third kappa shape index (κ3) is 4.70. The number of nitrogens with two attached hydrogens (primary N) is 1. The Kier molecular flexibility index (Phi) is 5.70. The number of carbonyl (C=O) groups excluding carboxylic acids is 1. The number of rotatable bonds is 6. The molecule has 3 heteroatoms. The predicted octanol–water partition coefficient (Wildman–Crippen LogP) is 0.497. The van der Waals surface area contributed by atoms with Crippen LogP contribution in [0, 0.1) is 0 Å². The number of hydrogen-bond donors (Lipinski definition) is 1. The van der Waals surface area contributed by atoms with Gasteiger partial charge in [0.2, 0.25) is 0 Å². The van der Waals surface area contributed by atoms with Gasteiger partial charge in [-0.05, 0) is 0 Å². The second-order valence-corrected chi connectivity index (χ2v) is 2.22. The van der Waals surface area contributed by atoms with E-state index in [4.69, 9.17) is 10.5 Å². The molecule has 0 fully saturated rings. The molecule has 0 saturated carbocycles. The summed E-state index contributed by atoms with van der Waals surface area (Å²) >= 11 is 0. The molecule has 0 heterocycles. The van der Waals surface area contributed by atoms with Gasteiger partial charge in [0, 0.05) is 18.5 Å². The second-order valence-electron chi connectivity index (χ2n) is 2.22. The van der Waals surface area contributed by atoms with E-state index in [1.54, 1.807) is 6.92 Å². The number of ketones is 1. The Hall–Kier alpha value is -0.670. The van der Waals surface area contributed by atoms with Crippen LogP contribution in [0.4, 0.5) is 0 Å². The first-order valence-corrected chi connectivity index (χ1v) is 3.71. The van der Waals surface area contributed by atoms with E-state index in [0.717, 1.165) is 0 Å². The molecule has 0 aromatic rings. The highest BCUT2D eigenvalue weighted by molar-refractivity contribution is 5.94. The summed E-state index contributed by atoms with van der Waals surface area (Å²) in [6.07, 6.45) is 0.491. The first-order chi connectivity index (χ1) is 5.22. The number of carbonyl (C=O) groups is 1. The van der Waals surface area contributed by atoms with E-state index in [1.165, 1.54) is 0 Å². The van der Waals surface area contributed by atoms with Crippen LogP contribution in [0.2, 0.25) is 0 Å². The average molecular weight is 157 g/mol. The Balaban J connectivity index is 3.44. The summed E-state index contributed by atoms with van der Waals surface area (Å²) in [5.41, 5.74) is 5.71. The van der Waals surface area contributed by atoms with Crippen molar-refractivity contribution in [1.82, 2.24) is 0 Å². The number of ether oxygens (including phenoxy) is 1. The fourth-order valence-electron chi connectivity index (χ4n) is 0.609. The fraction of sp³-hybridized carbons (Fsp3) is 0.625. The minimum Gasteiger partial charge on any atom is -0.375 e. The molecule has 0 aliphatic carbocycles. The fourth-order valence-corrected chi connectivity index (χ4v) is 0.609. The van der Waals surface area contributed by atoms with Gasteiger partial charge in [0.25, 0.3) is 0 Å². The van der Waals surface area contributed by atoms with Crippen LogP contribution in [0.25, 0.3) is 0 Å². The lowest BCUT2D eigenvalue weighted by molar-refractivity contribution is -0.115. The number of Topliss-reactive ketones (excluding diaryl/α,β-unsaturated/α-hetero) is 1. The maximum absolute atomic E-state index is 10.9. The summed E-state index contributed by atoms with van der Waals surface area (Å²) in [5, 5.41) is 0. The van der Waals surface area contributed by atoms with E-state index in [9.17, 15) is 4.79 Å². The summed E-state index contributed by atoms with van der Waals surface area (Å²) < 4.78 is 5.02. The van der Waals surface area contributed by atoms with Gasteiger partial charge in [-0.3, -0.25) is 4.79 Å². The third-order valence-electron chi connectivity index (χ3n) is 1.25. The van der Waals surface area contributed by atoms with Gasteiger partial charge in [-0.15, -0.1) is 0 Å². The molecule has 0 spiro atoms. The lowest BCUT2D eigenvalue weighted by Gasteiger charge is -2.02. The first kappa shape index (κ1) is 10.3. The lowest BCUT2D eigenvalue weighted by Crippen LogP contribution is -2.12. The maximum Gasteiger partial charge on any atom is 0.160 e. The van der Waals surface area contributed by atoms with E-state index in [1.807, 2.05) is 0 Å². The predicted molar refractivity (Wildman–Crippen MR) is 44.3 cm³/mol. The molecule has 0 aromatic heterocycles. The summed E-state index contributed by atoms with van der Waals surface area (Å²) in [4.78, 5) is 10.9. The SMILES string of the molecule is C=C(COCCN)C(=O)CC. The van der Waals surface area contributed by atoms with Crippen molar-refractivity contribution < 1.29 is 9.53 Å². The molecule has 64 valence electrons. The third-order valence-corrected chi connectivity index (χ3v) is 1.25. The van der Waals surface area contributed by atoms with Gasteiger partial charge in [0.1, 0.15) is 0 Å². The highest BCUT2D eigenvalue weighted by Crippen LogP contribution is 1.96. The van der Waals surface area contributed by atoms with Gasteiger partial charge >= 0.3 is 0 Å². The zero-order valence-corrected chi connectivity index (χ0v) is 6.93. The molecular formula is C8H15NO2. The molecule has 0 atom stereocenters. The van der Waals surface area contributed by atoms with E-state index in [-0.39, 0.29) is 5.78 Å². The van der Waals surface area contributed by atoms with Crippen molar-refractivity contribution in [2.45, 2.75) is 13.3 Å². The van der Waals surface area contributed by atoms with Gasteiger partial charge < -0.3 is 10.5 Å². The van der Waals surface area contributed by atoms with Crippen molar-refractivity contribution in [3.05, 3.63) is 12.2 Å². The lowest BCUT2D eigenvalue weighted by atomic mass is 10.2. The van der Waals surface area contributed by atoms with Crippen LogP contribution >= 0.6 is 0 Å². The minimum atomic E-state index is 0.0574. The normalized spacial score (nSPS) is 9.64. The van der Waals surface area contributed by atoms with Crippen molar-refractivity contribution in [3.8, 4) is 0 Å². The molecule has 0 aliphatic heterocycles. The van der Waals surface area contributed by atoms with Gasteiger partial charge in [-0.1, -0.05) is 13.5 Å². The Morgan fingerprint density at radius 3 is 2.73 bits per heavy atom. The van der Waals surface area contributed by atoms with Crippen LogP contribution in [0.15, 0.2) is 12.2 Å². The van der Waals surface area contributed by atoms with Crippen LogP contribution < -0.4 is 5.73 Å². The summed E-state index contributed by atoms with van der Waals surface area (Å²) in [5.74, 6) is 0.0574. The average Bonchev–Trinajstić information content (AvgIpc) is 2.03. The van der Waals surface area contributed by atoms with E-state index in [0.29, 0.717) is 31.8 Å². The van der Waals surface area contributed by atoms with Crippen LogP contribution in [-0.2, 0) is 9.53 Å². The standard InChI is InChI=1S/C8H15NO2/c1-3-8(10)7(2)6-11-5-4-9/h2-6,9H2,1H3. The Labute approximate surface area is 67.2 Å². The van der Waals surface area contributed by atoms with Crippen molar-refractivity contribution in [2.24, 2.45) is 5.73 Å². The van der Waals surface area contributed by atoms with Crippen molar-refractivity contribution in [2.75, 3.05) is 19.8 Å². The summed E-state index contributed by atoms with van der Waals surface area (Å²) in [6, 6.07) is 0. The molecule has 0 saturated heterocycles. The Bertz CT molecular complexity index is 143. The van der Waals surface area contributed by atoms with Crippen LogP contribution in [0.1, 0.15) is 13.3 Å². The van der Waals surface area contributed by atoms with Crippen molar-refractivity contribution in [3.63, 3.8) is 0 Å². The van der Waals surface area contributed by atoms with Crippen LogP contribution in [0.3, 0.4) is 0 Å². The topological polar surface area (TPSA) is 52.3 Å². The van der Waals surface area contributed by atoms with Gasteiger partial charge in [-0.2, -0.15) is 0 Å². The molecule has 11 heavy (non-hydrogen) atoms. The molecule has 2 N–H and O–H groups in total. The summed E-state index contributed by atoms with van der Waals surface area (Å²) in [7, 11) is 0. The minimum absolute atomic E-state index is 0.0574. The molecule has 0 unspecified atom stereocenters. The molecule has 0 radical (unpaired) electrons. The smallest absolute Gasteiger partial charge is 0.160 e. The maximum atomic E-state index is 10.9. The first-order valence-electron chi connectivity index (χ1n) is 3.71. The molecule has 0 aliphatic rings. The van der Waals surface area contributed by atoms with Gasteiger partial charge in [0.15, 0.2) is 5.78 Å². The number of hydrogen-bond acceptors (Lipinski definition) is 3. The van der Waals surface area contributed by atoms with E-state index >= 15 is 0 Å². The van der Waals surface area contributed by atoms with Crippen molar-refractivity contribution in [1.29, 1.82) is 0 Å². The monoisotopic (exact) mass is 157 g/mol. The highest BCUT2D eigenvalue weighted by atomic mass is 16.5. The second kappa shape index (κ2) is 6.07. The van der Waals surface area contributed by atoms with Gasteiger partial charge in [-0.25, -0.2) is 0 Å². The summed E-state index contributed by atoms with van der Waals surface area (Å²) in [6.45, 7) is 6.66. The zero-order valence-electron chi connectivity index (χ0n) is 6.93. The van der Waals surface area contributed by atoms with Crippen molar-refractivity contribution >= 4 is 5.78 Å². The molecule has 0 rings (SSSR count). The van der Waals surface area contributed by atoms with E-state index < -0.39 is 0 Å². The largest absolute Gasteiger partial charge is 0.375 e. The zero-order chi connectivity index (χ0) is 8.69. The molecule has 0 amide bonds. The molecular weight excluding hydrogens is 142 g/mol. The van der Waals surface area contributed by atoms with E-state index in [2.05, 4.69) is 6.58 Å². The van der Waals surface area contributed by atoms with Crippen LogP contribution in [0.5, 0.6) is 0 Å². The highest BCUT2D eigenvalue weighted by Gasteiger charge is 2.02. The van der Waals surface area contributed by atoms with Gasteiger partial charge in [0.05, 0.1) is 13.2 Å². The Morgan fingerprint density at radius 2 is 2.27 bits per heavy atom. The molecule has 0 aromatic carbocycles. The quantitative estimate of drug-likeness (QED) is 0.451. The molecule has 3 nitrogen and oxygen atoms in total. The molecule has 0 bridgehead atoms. The van der Waals surface area contributed by atoms with Crippen LogP contribution in [-0.4, -0.2) is 25.5 Å².